The molecule has 31 heavy (non-hydrogen) atoms. The van der Waals surface area contributed by atoms with Gasteiger partial charge in [-0.25, -0.2) is 4.98 Å². The topological polar surface area (TPSA) is 79.3 Å². The highest BCUT2D eigenvalue weighted by Crippen LogP contribution is 2.35. The van der Waals surface area contributed by atoms with Crippen molar-refractivity contribution in [3.8, 4) is 0 Å². The minimum atomic E-state index is -0.889. The molecule has 2 N–H and O–H groups in total. The number of thioether (sulfide) groups is 1. The summed E-state index contributed by atoms with van der Waals surface area (Å²) < 4.78 is 1.86. The number of rotatable bonds is 6. The highest BCUT2D eigenvalue weighted by atomic mass is 35.5. The van der Waals surface area contributed by atoms with E-state index in [1.807, 2.05) is 30.3 Å². The fraction of sp³-hybridized carbons (Fsp3) is 0.318. The van der Waals surface area contributed by atoms with Crippen LogP contribution >= 0.6 is 46.3 Å². The Kier molecular flexibility index (Phi) is 7.06. The zero-order valence-electron chi connectivity index (χ0n) is 16.4. The van der Waals surface area contributed by atoms with Gasteiger partial charge in [0.15, 0.2) is 4.34 Å². The lowest BCUT2D eigenvalue weighted by atomic mass is 9.78. The molecule has 0 unspecified atom stereocenters. The number of benzene rings is 2. The Morgan fingerprint density at radius 2 is 1.90 bits per heavy atom. The van der Waals surface area contributed by atoms with Gasteiger partial charge in [0.1, 0.15) is 0 Å². The number of thiazole rings is 1. The van der Waals surface area contributed by atoms with Crippen molar-refractivity contribution in [2.24, 2.45) is 11.8 Å². The summed E-state index contributed by atoms with van der Waals surface area (Å²) in [6, 6.07) is 11.0. The molecule has 1 aliphatic carbocycles. The van der Waals surface area contributed by atoms with E-state index in [2.05, 4.69) is 10.3 Å². The number of carbonyl (C=O) groups excluding carboxylic acids is 1. The maximum absolute atomic E-state index is 12.7. The van der Waals surface area contributed by atoms with Gasteiger partial charge in [-0.3, -0.25) is 9.59 Å². The van der Waals surface area contributed by atoms with E-state index >= 15 is 0 Å². The minimum Gasteiger partial charge on any atom is -0.481 e. The number of carboxylic acids is 1. The van der Waals surface area contributed by atoms with E-state index in [0.717, 1.165) is 33.0 Å². The molecule has 2 aromatic carbocycles. The number of fused-ring (bicyclic) bond motifs is 1. The van der Waals surface area contributed by atoms with E-state index in [0.29, 0.717) is 34.3 Å². The van der Waals surface area contributed by atoms with Crippen molar-refractivity contribution < 1.29 is 14.7 Å². The van der Waals surface area contributed by atoms with Gasteiger partial charge in [-0.1, -0.05) is 53.9 Å². The zero-order chi connectivity index (χ0) is 22.0. The van der Waals surface area contributed by atoms with Crippen molar-refractivity contribution in [3.05, 3.63) is 52.0 Å². The average Bonchev–Trinajstić information content (AvgIpc) is 3.15. The van der Waals surface area contributed by atoms with Gasteiger partial charge in [-0.2, -0.15) is 0 Å². The van der Waals surface area contributed by atoms with Crippen LogP contribution in [-0.2, 0) is 15.3 Å². The van der Waals surface area contributed by atoms with E-state index in [4.69, 9.17) is 23.2 Å². The molecule has 5 nitrogen and oxygen atoms in total. The number of amides is 1. The summed E-state index contributed by atoms with van der Waals surface area (Å²) in [5, 5.41) is 13.6. The Morgan fingerprint density at radius 3 is 2.65 bits per heavy atom. The van der Waals surface area contributed by atoms with Crippen molar-refractivity contribution in [2.75, 3.05) is 5.32 Å². The van der Waals surface area contributed by atoms with Crippen molar-refractivity contribution >= 4 is 74.1 Å². The minimum absolute atomic E-state index is 0.219. The standard InChI is InChI=1S/C22H20Cl2N2O3S2/c23-13-6-5-12(17(24)9-13)11-30-22-26-18-8-7-14(10-19(18)31-22)25-20(27)15-3-1-2-4-16(15)21(28)29/h5-10,15-16H,1-4,11H2,(H,25,27)(H,28,29)/t15-,16-/m0/s1. The smallest absolute Gasteiger partial charge is 0.307 e. The number of carboxylic acid groups (broad SMARTS) is 1. The molecule has 2 atom stereocenters. The molecule has 0 bridgehead atoms. The first-order chi connectivity index (χ1) is 14.9. The van der Waals surface area contributed by atoms with Gasteiger partial charge in [0, 0.05) is 21.5 Å². The van der Waals surface area contributed by atoms with Crippen LogP contribution in [-0.4, -0.2) is 22.0 Å². The fourth-order valence-electron chi connectivity index (χ4n) is 3.80. The van der Waals surface area contributed by atoms with Gasteiger partial charge in [0.25, 0.3) is 0 Å². The van der Waals surface area contributed by atoms with Crippen molar-refractivity contribution in [3.63, 3.8) is 0 Å². The van der Waals surface area contributed by atoms with Crippen molar-refractivity contribution in [2.45, 2.75) is 35.8 Å². The summed E-state index contributed by atoms with van der Waals surface area (Å²) in [7, 11) is 0. The molecule has 4 rings (SSSR count). The van der Waals surface area contributed by atoms with Crippen LogP contribution in [0.25, 0.3) is 10.2 Å². The SMILES string of the molecule is O=C(O)[C@H]1CCCC[C@@H]1C(=O)Nc1ccc2nc(SCc3ccc(Cl)cc3Cl)sc2c1. The molecule has 1 aromatic heterocycles. The summed E-state index contributed by atoms with van der Waals surface area (Å²) >= 11 is 15.3. The van der Waals surface area contributed by atoms with Gasteiger partial charge in [0.05, 0.1) is 22.1 Å². The highest BCUT2D eigenvalue weighted by Gasteiger charge is 2.35. The fourth-order valence-corrected chi connectivity index (χ4v) is 6.46. The first-order valence-electron chi connectivity index (χ1n) is 9.91. The average molecular weight is 495 g/mol. The number of hydrogen-bond donors (Lipinski definition) is 2. The number of nitrogens with zero attached hydrogens (tertiary/aromatic N) is 1. The third kappa shape index (κ3) is 5.34. The second kappa shape index (κ2) is 9.77. The van der Waals surface area contributed by atoms with Crippen LogP contribution in [0.4, 0.5) is 5.69 Å². The molecule has 1 amide bonds. The third-order valence-electron chi connectivity index (χ3n) is 5.42. The first-order valence-corrected chi connectivity index (χ1v) is 12.5. The normalized spacial score (nSPS) is 18.8. The number of aromatic nitrogens is 1. The van der Waals surface area contributed by atoms with Gasteiger partial charge >= 0.3 is 5.97 Å². The molecule has 162 valence electrons. The molecule has 0 aliphatic heterocycles. The van der Waals surface area contributed by atoms with Gasteiger partial charge < -0.3 is 10.4 Å². The van der Waals surface area contributed by atoms with Crippen LogP contribution < -0.4 is 5.32 Å². The second-order valence-electron chi connectivity index (χ2n) is 7.51. The molecule has 1 fully saturated rings. The molecular formula is C22H20Cl2N2O3S2. The predicted molar refractivity (Wildman–Crippen MR) is 127 cm³/mol. The second-order valence-corrected chi connectivity index (χ2v) is 10.6. The van der Waals surface area contributed by atoms with E-state index in [1.165, 1.54) is 0 Å². The highest BCUT2D eigenvalue weighted by molar-refractivity contribution is 8.00. The van der Waals surface area contributed by atoms with Crippen LogP contribution in [0.2, 0.25) is 10.0 Å². The molecule has 9 heteroatoms. The lowest BCUT2D eigenvalue weighted by molar-refractivity contribution is -0.147. The van der Waals surface area contributed by atoms with E-state index in [1.54, 1.807) is 29.2 Å². The lowest BCUT2D eigenvalue weighted by Crippen LogP contribution is -2.36. The van der Waals surface area contributed by atoms with E-state index < -0.39 is 17.8 Å². The van der Waals surface area contributed by atoms with Crippen LogP contribution in [0.15, 0.2) is 40.7 Å². The van der Waals surface area contributed by atoms with Crippen molar-refractivity contribution in [1.82, 2.24) is 4.98 Å². The number of hydrogen-bond acceptors (Lipinski definition) is 5. The van der Waals surface area contributed by atoms with Crippen LogP contribution in [0, 0.1) is 11.8 Å². The van der Waals surface area contributed by atoms with Crippen LogP contribution in [0.5, 0.6) is 0 Å². The summed E-state index contributed by atoms with van der Waals surface area (Å²) in [5.41, 5.74) is 2.51. The molecule has 1 saturated carbocycles. The van der Waals surface area contributed by atoms with E-state index in [9.17, 15) is 14.7 Å². The molecule has 1 heterocycles. The van der Waals surface area contributed by atoms with Crippen LogP contribution in [0.1, 0.15) is 31.2 Å². The maximum Gasteiger partial charge on any atom is 0.307 e. The number of halogens is 2. The third-order valence-corrected chi connectivity index (χ3v) is 8.22. The Labute approximate surface area is 198 Å². The lowest BCUT2D eigenvalue weighted by Gasteiger charge is -2.27. The molecule has 1 aliphatic rings. The number of aliphatic carboxylic acids is 1. The Bertz CT molecular complexity index is 1140. The monoisotopic (exact) mass is 494 g/mol. The molecular weight excluding hydrogens is 475 g/mol. The number of nitrogens with one attached hydrogen (secondary N) is 1. The Morgan fingerprint density at radius 1 is 1.13 bits per heavy atom. The maximum atomic E-state index is 12.7. The predicted octanol–water partition coefficient (Wildman–Crippen LogP) is 6.72. The molecule has 3 aromatic rings. The summed E-state index contributed by atoms with van der Waals surface area (Å²) in [6.45, 7) is 0. The first kappa shape index (κ1) is 22.4. The van der Waals surface area contributed by atoms with Crippen molar-refractivity contribution in [1.29, 1.82) is 0 Å². The Hall–Kier alpha value is -1.80. The quantitative estimate of drug-likeness (QED) is 0.371. The molecule has 0 radical (unpaired) electrons. The van der Waals surface area contributed by atoms with Gasteiger partial charge in [-0.15, -0.1) is 11.3 Å². The Balaban J connectivity index is 1.44. The van der Waals surface area contributed by atoms with Gasteiger partial charge in [0.2, 0.25) is 5.91 Å². The number of anilines is 1. The van der Waals surface area contributed by atoms with Gasteiger partial charge in [-0.05, 0) is 48.7 Å². The van der Waals surface area contributed by atoms with Crippen LogP contribution in [0.3, 0.4) is 0 Å². The number of carbonyl (C=O) groups is 2. The zero-order valence-corrected chi connectivity index (χ0v) is 19.6. The molecule has 0 saturated heterocycles. The molecule has 0 spiro atoms. The summed E-state index contributed by atoms with van der Waals surface area (Å²) in [6.07, 6.45) is 2.91. The summed E-state index contributed by atoms with van der Waals surface area (Å²) in [5.74, 6) is -1.53. The van der Waals surface area contributed by atoms with E-state index in [-0.39, 0.29) is 5.91 Å². The largest absolute Gasteiger partial charge is 0.481 e. The summed E-state index contributed by atoms with van der Waals surface area (Å²) in [4.78, 5) is 28.9.